The van der Waals surface area contributed by atoms with E-state index in [-0.39, 0.29) is 0 Å². The summed E-state index contributed by atoms with van der Waals surface area (Å²) in [6.07, 6.45) is 3.97. The summed E-state index contributed by atoms with van der Waals surface area (Å²) in [6, 6.07) is 15.3. The minimum Gasteiger partial charge on any atom is -0.340 e. The van der Waals surface area contributed by atoms with E-state index in [1.807, 2.05) is 6.20 Å². The molecular formula is C20H24N4. The third-order valence-corrected chi connectivity index (χ3v) is 4.96. The van der Waals surface area contributed by atoms with Gasteiger partial charge in [-0.2, -0.15) is 0 Å². The van der Waals surface area contributed by atoms with Crippen LogP contribution in [0.25, 0.3) is 10.8 Å². The van der Waals surface area contributed by atoms with Gasteiger partial charge in [-0.1, -0.05) is 42.5 Å². The van der Waals surface area contributed by atoms with Crippen LogP contribution in [-0.2, 0) is 13.1 Å². The van der Waals surface area contributed by atoms with Crippen molar-refractivity contribution in [1.82, 2.24) is 14.5 Å². The summed E-state index contributed by atoms with van der Waals surface area (Å²) in [5.74, 6) is 1.11. The highest BCUT2D eigenvalue weighted by Crippen LogP contribution is 2.21. The van der Waals surface area contributed by atoms with Crippen LogP contribution in [0.4, 0.5) is 5.95 Å². The van der Waals surface area contributed by atoms with Crippen molar-refractivity contribution in [2.24, 2.45) is 0 Å². The Hall–Kier alpha value is -2.33. The standard InChI is InChI=1S/C20H24N4/c1-2-23-11-10-21-20(23)24-14-12-22(13-15-24)16-18-8-5-7-17-6-3-4-9-19(17)18/h3-11H,2,12-16H2,1H3. The van der Waals surface area contributed by atoms with Crippen LogP contribution in [0.1, 0.15) is 12.5 Å². The Labute approximate surface area is 143 Å². The second-order valence-electron chi connectivity index (χ2n) is 6.41. The number of hydrogen-bond donors (Lipinski definition) is 0. The number of rotatable bonds is 4. The molecule has 0 unspecified atom stereocenters. The highest BCUT2D eigenvalue weighted by Gasteiger charge is 2.20. The number of hydrogen-bond acceptors (Lipinski definition) is 3. The molecule has 0 amide bonds. The summed E-state index contributed by atoms with van der Waals surface area (Å²) in [4.78, 5) is 9.49. The van der Waals surface area contributed by atoms with Gasteiger partial charge in [0.2, 0.25) is 5.95 Å². The smallest absolute Gasteiger partial charge is 0.205 e. The first kappa shape index (κ1) is 15.2. The molecule has 1 aliphatic heterocycles. The first-order valence-corrected chi connectivity index (χ1v) is 8.80. The van der Waals surface area contributed by atoms with Crippen molar-refractivity contribution in [1.29, 1.82) is 0 Å². The van der Waals surface area contributed by atoms with Gasteiger partial charge in [0, 0.05) is 51.7 Å². The average Bonchev–Trinajstić information content (AvgIpc) is 3.11. The minimum atomic E-state index is 0.978. The molecule has 2 heterocycles. The molecule has 1 aliphatic rings. The van der Waals surface area contributed by atoms with Crippen LogP contribution in [0.3, 0.4) is 0 Å². The van der Waals surface area contributed by atoms with Crippen LogP contribution in [0.2, 0.25) is 0 Å². The molecule has 0 spiro atoms. The molecule has 1 saturated heterocycles. The van der Waals surface area contributed by atoms with E-state index in [0.717, 1.165) is 45.2 Å². The summed E-state index contributed by atoms with van der Waals surface area (Å²) in [7, 11) is 0. The molecule has 4 rings (SSSR count). The predicted octanol–water partition coefficient (Wildman–Crippen LogP) is 3.38. The topological polar surface area (TPSA) is 24.3 Å². The maximum atomic E-state index is 4.53. The van der Waals surface area contributed by atoms with Crippen molar-refractivity contribution in [2.75, 3.05) is 31.1 Å². The fraction of sp³-hybridized carbons (Fsp3) is 0.350. The van der Waals surface area contributed by atoms with E-state index in [1.165, 1.54) is 16.3 Å². The number of benzene rings is 2. The van der Waals surface area contributed by atoms with E-state index in [4.69, 9.17) is 0 Å². The lowest BCUT2D eigenvalue weighted by molar-refractivity contribution is 0.249. The van der Waals surface area contributed by atoms with Crippen molar-refractivity contribution in [3.8, 4) is 0 Å². The van der Waals surface area contributed by atoms with E-state index in [1.54, 1.807) is 0 Å². The lowest BCUT2D eigenvalue weighted by Gasteiger charge is -2.35. The van der Waals surface area contributed by atoms with Crippen molar-refractivity contribution in [2.45, 2.75) is 20.0 Å². The number of imidazole rings is 1. The second kappa shape index (κ2) is 6.65. The monoisotopic (exact) mass is 320 g/mol. The molecule has 0 saturated carbocycles. The van der Waals surface area contributed by atoms with Crippen LogP contribution >= 0.6 is 0 Å². The van der Waals surface area contributed by atoms with Gasteiger partial charge in [0.05, 0.1) is 0 Å². The zero-order chi connectivity index (χ0) is 16.4. The fourth-order valence-electron chi connectivity index (χ4n) is 3.61. The molecule has 0 aliphatic carbocycles. The Morgan fingerprint density at radius 3 is 2.58 bits per heavy atom. The van der Waals surface area contributed by atoms with E-state index in [2.05, 4.69) is 74.9 Å². The molecule has 4 nitrogen and oxygen atoms in total. The summed E-state index contributed by atoms with van der Waals surface area (Å²) in [5, 5.41) is 2.71. The largest absolute Gasteiger partial charge is 0.340 e. The van der Waals surface area contributed by atoms with Gasteiger partial charge in [0.15, 0.2) is 0 Å². The number of fused-ring (bicyclic) bond motifs is 1. The van der Waals surface area contributed by atoms with E-state index >= 15 is 0 Å². The number of anilines is 1. The quantitative estimate of drug-likeness (QED) is 0.736. The van der Waals surface area contributed by atoms with E-state index < -0.39 is 0 Å². The van der Waals surface area contributed by atoms with E-state index in [9.17, 15) is 0 Å². The van der Waals surface area contributed by atoms with Crippen molar-refractivity contribution >= 4 is 16.7 Å². The molecule has 1 fully saturated rings. The fourth-order valence-corrected chi connectivity index (χ4v) is 3.61. The zero-order valence-corrected chi connectivity index (χ0v) is 14.2. The molecule has 4 heteroatoms. The van der Waals surface area contributed by atoms with Crippen LogP contribution in [-0.4, -0.2) is 40.6 Å². The Balaban J connectivity index is 1.45. The Morgan fingerprint density at radius 2 is 1.75 bits per heavy atom. The van der Waals surface area contributed by atoms with E-state index in [0.29, 0.717) is 0 Å². The van der Waals surface area contributed by atoms with Gasteiger partial charge in [-0.3, -0.25) is 4.90 Å². The van der Waals surface area contributed by atoms with Crippen LogP contribution in [0, 0.1) is 0 Å². The molecular weight excluding hydrogens is 296 g/mol. The van der Waals surface area contributed by atoms with Gasteiger partial charge >= 0.3 is 0 Å². The number of aromatic nitrogens is 2. The van der Waals surface area contributed by atoms with Gasteiger partial charge < -0.3 is 9.47 Å². The van der Waals surface area contributed by atoms with Crippen molar-refractivity contribution < 1.29 is 0 Å². The Kier molecular flexibility index (Phi) is 4.22. The molecule has 2 aromatic carbocycles. The Morgan fingerprint density at radius 1 is 0.958 bits per heavy atom. The van der Waals surface area contributed by atoms with Gasteiger partial charge in [0.1, 0.15) is 0 Å². The molecule has 24 heavy (non-hydrogen) atoms. The second-order valence-corrected chi connectivity index (χ2v) is 6.41. The zero-order valence-electron chi connectivity index (χ0n) is 14.2. The summed E-state index contributed by atoms with van der Waals surface area (Å²) in [6.45, 7) is 8.42. The highest BCUT2D eigenvalue weighted by molar-refractivity contribution is 5.85. The molecule has 0 atom stereocenters. The molecule has 1 aromatic heterocycles. The maximum Gasteiger partial charge on any atom is 0.205 e. The van der Waals surface area contributed by atoms with Gasteiger partial charge in [-0.25, -0.2) is 4.98 Å². The molecule has 0 bridgehead atoms. The van der Waals surface area contributed by atoms with Gasteiger partial charge in [-0.05, 0) is 23.3 Å². The normalized spacial score (nSPS) is 16.0. The maximum absolute atomic E-state index is 4.53. The molecule has 124 valence electrons. The van der Waals surface area contributed by atoms with Crippen LogP contribution < -0.4 is 4.90 Å². The summed E-state index contributed by atoms with van der Waals surface area (Å²) < 4.78 is 2.22. The molecule has 3 aromatic rings. The lowest BCUT2D eigenvalue weighted by atomic mass is 10.0. The average molecular weight is 320 g/mol. The van der Waals surface area contributed by atoms with Crippen molar-refractivity contribution in [3.05, 3.63) is 60.4 Å². The first-order chi connectivity index (χ1) is 11.8. The SMILES string of the molecule is CCn1ccnc1N1CCN(Cc2cccc3ccccc23)CC1. The van der Waals surface area contributed by atoms with Crippen molar-refractivity contribution in [3.63, 3.8) is 0 Å². The number of piperazine rings is 1. The third kappa shape index (κ3) is 2.89. The molecule has 0 radical (unpaired) electrons. The lowest BCUT2D eigenvalue weighted by Crippen LogP contribution is -2.46. The highest BCUT2D eigenvalue weighted by atomic mass is 15.3. The number of aryl methyl sites for hydroxylation is 1. The number of nitrogens with zero attached hydrogens (tertiary/aromatic N) is 4. The molecule has 0 N–H and O–H groups in total. The minimum absolute atomic E-state index is 0.978. The summed E-state index contributed by atoms with van der Waals surface area (Å²) in [5.41, 5.74) is 1.43. The van der Waals surface area contributed by atoms with Crippen LogP contribution in [0.15, 0.2) is 54.9 Å². The Bertz CT molecular complexity index is 810. The van der Waals surface area contributed by atoms with Gasteiger partial charge in [0.25, 0.3) is 0 Å². The van der Waals surface area contributed by atoms with Crippen LogP contribution in [0.5, 0.6) is 0 Å². The first-order valence-electron chi connectivity index (χ1n) is 8.80. The predicted molar refractivity (Wildman–Crippen MR) is 99.3 cm³/mol. The third-order valence-electron chi connectivity index (χ3n) is 4.96. The van der Waals surface area contributed by atoms with Gasteiger partial charge in [-0.15, -0.1) is 0 Å². The summed E-state index contributed by atoms with van der Waals surface area (Å²) >= 11 is 0.